The zero-order valence-electron chi connectivity index (χ0n) is 11.5. The van der Waals surface area contributed by atoms with Crippen LogP contribution >= 0.6 is 0 Å². The molecule has 20 heavy (non-hydrogen) atoms. The van der Waals surface area contributed by atoms with Crippen LogP contribution in [0.5, 0.6) is 5.75 Å². The number of nitrogens with one attached hydrogen (secondary N) is 1. The quantitative estimate of drug-likeness (QED) is 0.861. The largest absolute Gasteiger partial charge is 0.495 e. The smallest absolute Gasteiger partial charge is 0.358 e. The van der Waals surface area contributed by atoms with Crippen molar-refractivity contribution >= 4 is 11.5 Å². The fourth-order valence-corrected chi connectivity index (χ4v) is 2.61. The fraction of sp³-hybridized carbons (Fsp3) is 0.429. The Morgan fingerprint density at radius 1 is 1.45 bits per heavy atom. The van der Waals surface area contributed by atoms with E-state index in [2.05, 4.69) is 10.3 Å². The van der Waals surface area contributed by atoms with E-state index in [1.54, 1.807) is 7.11 Å². The summed E-state index contributed by atoms with van der Waals surface area (Å²) in [6.45, 7) is 0.969. The van der Waals surface area contributed by atoms with Gasteiger partial charge in [-0.25, -0.2) is 9.78 Å². The van der Waals surface area contributed by atoms with Gasteiger partial charge < -0.3 is 14.8 Å². The molecule has 1 atom stereocenters. The van der Waals surface area contributed by atoms with Crippen LogP contribution in [0.15, 0.2) is 18.3 Å². The maximum atomic E-state index is 11.9. The Hall–Kier alpha value is -2.08. The predicted molar refractivity (Wildman–Crippen MR) is 73.1 cm³/mol. The second-order valence-electron chi connectivity index (χ2n) is 4.78. The number of fused-ring (bicyclic) bond motifs is 1. The van der Waals surface area contributed by atoms with Crippen molar-refractivity contribution in [1.29, 1.82) is 0 Å². The molecule has 0 bridgehead atoms. The lowest BCUT2D eigenvalue weighted by Crippen LogP contribution is -2.16. The van der Waals surface area contributed by atoms with Crippen LogP contribution in [0.4, 0.5) is 0 Å². The van der Waals surface area contributed by atoms with Crippen molar-refractivity contribution in [1.82, 2.24) is 14.7 Å². The SMILES string of the molecule is COC(=O)c1nc(C2CCCN2)n2cc(OC)ccc12. The Labute approximate surface area is 116 Å². The van der Waals surface area contributed by atoms with E-state index in [4.69, 9.17) is 9.47 Å². The highest BCUT2D eigenvalue weighted by Crippen LogP contribution is 2.27. The van der Waals surface area contributed by atoms with Gasteiger partial charge in [0.15, 0.2) is 5.69 Å². The van der Waals surface area contributed by atoms with E-state index >= 15 is 0 Å². The van der Waals surface area contributed by atoms with Gasteiger partial charge in [-0.15, -0.1) is 0 Å². The second kappa shape index (κ2) is 5.13. The molecular formula is C14H17N3O3. The van der Waals surface area contributed by atoms with E-state index in [-0.39, 0.29) is 6.04 Å². The molecule has 3 heterocycles. The van der Waals surface area contributed by atoms with Gasteiger partial charge in [-0.05, 0) is 31.5 Å². The minimum atomic E-state index is -0.420. The lowest BCUT2D eigenvalue weighted by Gasteiger charge is -2.09. The van der Waals surface area contributed by atoms with Gasteiger partial charge in [0.25, 0.3) is 0 Å². The molecule has 0 spiro atoms. The maximum absolute atomic E-state index is 11.9. The summed E-state index contributed by atoms with van der Waals surface area (Å²) in [5.74, 6) is 1.14. The first kappa shape index (κ1) is 12.9. The molecule has 1 saturated heterocycles. The molecule has 0 saturated carbocycles. The number of imidazole rings is 1. The number of pyridine rings is 1. The lowest BCUT2D eigenvalue weighted by molar-refractivity contribution is 0.0596. The number of carbonyl (C=O) groups is 1. The van der Waals surface area contributed by atoms with Gasteiger partial charge >= 0.3 is 5.97 Å². The second-order valence-corrected chi connectivity index (χ2v) is 4.78. The van der Waals surface area contributed by atoms with Crippen molar-refractivity contribution in [3.63, 3.8) is 0 Å². The Morgan fingerprint density at radius 2 is 2.30 bits per heavy atom. The highest BCUT2D eigenvalue weighted by atomic mass is 16.5. The fourth-order valence-electron chi connectivity index (χ4n) is 2.61. The average Bonchev–Trinajstić information content (AvgIpc) is 3.12. The first-order valence-electron chi connectivity index (χ1n) is 6.62. The summed E-state index contributed by atoms with van der Waals surface area (Å²) < 4.78 is 12.0. The van der Waals surface area contributed by atoms with Crippen molar-refractivity contribution in [2.24, 2.45) is 0 Å². The predicted octanol–water partition coefficient (Wildman–Crippen LogP) is 1.55. The molecule has 3 rings (SSSR count). The highest BCUT2D eigenvalue weighted by molar-refractivity contribution is 5.95. The summed E-state index contributed by atoms with van der Waals surface area (Å²) in [5, 5.41) is 3.40. The molecule has 1 unspecified atom stereocenters. The third-order valence-electron chi connectivity index (χ3n) is 3.62. The molecule has 2 aromatic heterocycles. The number of hydrogen-bond acceptors (Lipinski definition) is 5. The van der Waals surface area contributed by atoms with Crippen LogP contribution in [-0.2, 0) is 4.74 Å². The molecule has 106 valence electrons. The number of methoxy groups -OCH3 is 2. The monoisotopic (exact) mass is 275 g/mol. The number of aromatic nitrogens is 2. The molecule has 1 aliphatic rings. The zero-order valence-corrected chi connectivity index (χ0v) is 11.5. The number of esters is 1. The summed E-state index contributed by atoms with van der Waals surface area (Å²) in [5.41, 5.74) is 1.08. The van der Waals surface area contributed by atoms with Gasteiger partial charge in [-0.1, -0.05) is 0 Å². The van der Waals surface area contributed by atoms with E-state index in [0.717, 1.165) is 36.5 Å². The van der Waals surface area contributed by atoms with E-state index in [1.807, 2.05) is 22.7 Å². The normalized spacial score (nSPS) is 18.4. The van der Waals surface area contributed by atoms with E-state index in [9.17, 15) is 4.79 Å². The standard InChI is InChI=1S/C14H17N3O3/c1-19-9-5-6-11-12(14(18)20-2)16-13(17(11)8-9)10-4-3-7-15-10/h5-6,8,10,15H,3-4,7H2,1-2H3. The minimum Gasteiger partial charge on any atom is -0.495 e. The van der Waals surface area contributed by atoms with Crippen LogP contribution in [0, 0.1) is 0 Å². The lowest BCUT2D eigenvalue weighted by atomic mass is 10.2. The van der Waals surface area contributed by atoms with Crippen LogP contribution in [-0.4, -0.2) is 36.1 Å². The van der Waals surface area contributed by atoms with Crippen molar-refractivity contribution in [2.75, 3.05) is 20.8 Å². The molecule has 0 aliphatic carbocycles. The molecule has 0 amide bonds. The van der Waals surface area contributed by atoms with Gasteiger partial charge in [-0.2, -0.15) is 0 Å². The third kappa shape index (κ3) is 2.02. The number of rotatable bonds is 3. The average molecular weight is 275 g/mol. The van der Waals surface area contributed by atoms with Crippen LogP contribution < -0.4 is 10.1 Å². The van der Waals surface area contributed by atoms with Crippen molar-refractivity contribution in [3.05, 3.63) is 29.8 Å². The van der Waals surface area contributed by atoms with E-state index < -0.39 is 5.97 Å². The van der Waals surface area contributed by atoms with Crippen molar-refractivity contribution in [2.45, 2.75) is 18.9 Å². The summed E-state index contributed by atoms with van der Waals surface area (Å²) >= 11 is 0. The topological polar surface area (TPSA) is 64.9 Å². The minimum absolute atomic E-state index is 0.160. The van der Waals surface area contributed by atoms with E-state index in [0.29, 0.717) is 5.69 Å². The molecule has 1 N–H and O–H groups in total. The summed E-state index contributed by atoms with van der Waals surface area (Å²) in [6.07, 6.45) is 3.97. The molecule has 0 aromatic carbocycles. The van der Waals surface area contributed by atoms with E-state index in [1.165, 1.54) is 7.11 Å². The molecular weight excluding hydrogens is 258 g/mol. The van der Waals surface area contributed by atoms with Crippen LogP contribution in [0.3, 0.4) is 0 Å². The first-order chi connectivity index (χ1) is 9.74. The third-order valence-corrected chi connectivity index (χ3v) is 3.62. The number of carbonyl (C=O) groups excluding carboxylic acids is 1. The summed E-state index contributed by atoms with van der Waals surface area (Å²) in [6, 6.07) is 3.80. The molecule has 6 heteroatoms. The highest BCUT2D eigenvalue weighted by Gasteiger charge is 2.25. The van der Waals surface area contributed by atoms with Gasteiger partial charge in [0, 0.05) is 0 Å². The van der Waals surface area contributed by atoms with Crippen LogP contribution in [0.25, 0.3) is 5.52 Å². The number of nitrogens with zero attached hydrogens (tertiary/aromatic N) is 2. The van der Waals surface area contributed by atoms with Gasteiger partial charge in [0.05, 0.1) is 32.0 Å². The Balaban J connectivity index is 2.18. The van der Waals surface area contributed by atoms with Gasteiger partial charge in [-0.3, -0.25) is 4.40 Å². The van der Waals surface area contributed by atoms with Crippen molar-refractivity contribution < 1.29 is 14.3 Å². The summed E-state index contributed by atoms with van der Waals surface area (Å²) in [4.78, 5) is 16.3. The number of ether oxygens (including phenoxy) is 2. The molecule has 2 aromatic rings. The molecule has 1 fully saturated rings. The zero-order chi connectivity index (χ0) is 14.1. The van der Waals surface area contributed by atoms with Gasteiger partial charge in [0.1, 0.15) is 11.6 Å². The Kier molecular flexibility index (Phi) is 3.31. The van der Waals surface area contributed by atoms with Crippen LogP contribution in [0.2, 0.25) is 0 Å². The van der Waals surface area contributed by atoms with Gasteiger partial charge in [0.2, 0.25) is 0 Å². The summed E-state index contributed by atoms with van der Waals surface area (Å²) in [7, 11) is 2.98. The Bertz CT molecular complexity index is 644. The number of hydrogen-bond donors (Lipinski definition) is 1. The first-order valence-corrected chi connectivity index (χ1v) is 6.62. The maximum Gasteiger partial charge on any atom is 0.358 e. The molecule has 1 aliphatic heterocycles. The van der Waals surface area contributed by atoms with Crippen molar-refractivity contribution in [3.8, 4) is 5.75 Å². The molecule has 0 radical (unpaired) electrons. The Morgan fingerprint density at radius 3 is 2.95 bits per heavy atom. The van der Waals surface area contributed by atoms with Crippen LogP contribution in [0.1, 0.15) is 35.2 Å². The molecule has 6 nitrogen and oxygen atoms in total.